The number of anilines is 1. The Bertz CT molecular complexity index is 403. The lowest BCUT2D eigenvalue weighted by Crippen LogP contribution is -2.26. The molecule has 0 spiro atoms. The second-order valence-corrected chi connectivity index (χ2v) is 5.39. The summed E-state index contributed by atoms with van der Waals surface area (Å²) in [5.41, 5.74) is 2.46. The minimum Gasteiger partial charge on any atom is -0.492 e. The Kier molecular flexibility index (Phi) is 8.16. The van der Waals surface area contributed by atoms with Crippen LogP contribution in [-0.4, -0.2) is 51.8 Å². The molecule has 21 heavy (non-hydrogen) atoms. The van der Waals surface area contributed by atoms with E-state index in [9.17, 15) is 0 Å². The Balaban J connectivity index is 2.73. The third-order valence-electron chi connectivity index (χ3n) is 3.49. The van der Waals surface area contributed by atoms with Crippen LogP contribution in [-0.2, 0) is 6.54 Å². The van der Waals surface area contributed by atoms with Crippen LogP contribution in [0.3, 0.4) is 0 Å². The van der Waals surface area contributed by atoms with Gasteiger partial charge in [0.15, 0.2) is 0 Å². The van der Waals surface area contributed by atoms with Crippen molar-refractivity contribution in [2.75, 3.05) is 51.8 Å². The molecule has 0 aromatic heterocycles. The van der Waals surface area contributed by atoms with Crippen molar-refractivity contribution in [3.63, 3.8) is 0 Å². The second-order valence-electron chi connectivity index (χ2n) is 5.39. The van der Waals surface area contributed by atoms with Crippen molar-refractivity contribution in [1.29, 1.82) is 0 Å². The van der Waals surface area contributed by atoms with E-state index < -0.39 is 0 Å². The first kappa shape index (κ1) is 17.8. The van der Waals surface area contributed by atoms with Gasteiger partial charge in [-0.05, 0) is 52.6 Å². The molecule has 120 valence electrons. The molecule has 0 fully saturated rings. The number of rotatable bonds is 10. The quantitative estimate of drug-likeness (QED) is 0.671. The Morgan fingerprint density at radius 3 is 2.38 bits per heavy atom. The number of likely N-dealkylation sites (N-methyl/N-ethyl adjacent to an activating group) is 1. The van der Waals surface area contributed by atoms with E-state index in [4.69, 9.17) is 4.74 Å². The predicted octanol–water partition coefficient (Wildman–Crippen LogP) is 2.58. The predicted molar refractivity (Wildman–Crippen MR) is 91.4 cm³/mol. The maximum Gasteiger partial charge on any atom is 0.142 e. The zero-order valence-corrected chi connectivity index (χ0v) is 14.3. The van der Waals surface area contributed by atoms with Gasteiger partial charge in [-0.1, -0.05) is 6.07 Å². The van der Waals surface area contributed by atoms with Crippen LogP contribution in [0.2, 0.25) is 0 Å². The highest BCUT2D eigenvalue weighted by atomic mass is 16.5. The highest BCUT2D eigenvalue weighted by Gasteiger charge is 2.10. The lowest BCUT2D eigenvalue weighted by Gasteiger charge is -2.24. The van der Waals surface area contributed by atoms with Crippen molar-refractivity contribution < 1.29 is 4.74 Å². The summed E-state index contributed by atoms with van der Waals surface area (Å²) in [7, 11) is 4.18. The van der Waals surface area contributed by atoms with E-state index in [-0.39, 0.29) is 0 Å². The first-order valence-electron chi connectivity index (χ1n) is 7.98. The van der Waals surface area contributed by atoms with Gasteiger partial charge in [0.05, 0.1) is 12.3 Å². The molecule has 0 unspecified atom stereocenters. The molecule has 4 nitrogen and oxygen atoms in total. The molecule has 1 N–H and O–H groups in total. The molecule has 4 heteroatoms. The van der Waals surface area contributed by atoms with E-state index in [2.05, 4.69) is 61.3 Å². The maximum atomic E-state index is 5.83. The number of hydrogen-bond acceptors (Lipinski definition) is 4. The number of nitrogens with zero attached hydrogens (tertiary/aromatic N) is 2. The molecular formula is C17H31N3O. The number of benzene rings is 1. The number of ether oxygens (including phenoxy) is 1. The Labute approximate surface area is 130 Å². The second kappa shape index (κ2) is 9.64. The summed E-state index contributed by atoms with van der Waals surface area (Å²) in [5, 5.41) is 3.47. The third-order valence-corrected chi connectivity index (χ3v) is 3.49. The Morgan fingerprint density at radius 2 is 1.81 bits per heavy atom. The highest BCUT2D eigenvalue weighted by molar-refractivity contribution is 5.59. The number of nitrogens with one attached hydrogen (secondary N) is 1. The van der Waals surface area contributed by atoms with Gasteiger partial charge < -0.3 is 19.9 Å². The lowest BCUT2D eigenvalue weighted by molar-refractivity contribution is 0.340. The topological polar surface area (TPSA) is 27.7 Å². The van der Waals surface area contributed by atoms with Crippen molar-refractivity contribution in [3.05, 3.63) is 23.8 Å². The summed E-state index contributed by atoms with van der Waals surface area (Å²) in [4.78, 5) is 4.51. The Hall–Kier alpha value is -1.26. The molecular weight excluding hydrogens is 262 g/mol. The monoisotopic (exact) mass is 293 g/mol. The summed E-state index contributed by atoms with van der Waals surface area (Å²) >= 11 is 0. The van der Waals surface area contributed by atoms with Gasteiger partial charge in [-0.3, -0.25) is 0 Å². The summed E-state index contributed by atoms with van der Waals surface area (Å²) in [5.74, 6) is 0.994. The SMILES string of the molecule is CCOc1cc(CNCCN(C)C)ccc1N(CC)CC. The molecule has 1 rings (SSSR count). The normalized spacial score (nSPS) is 11.0. The summed E-state index contributed by atoms with van der Waals surface area (Å²) in [6.45, 7) is 12.0. The van der Waals surface area contributed by atoms with Crippen molar-refractivity contribution in [1.82, 2.24) is 10.2 Å². The van der Waals surface area contributed by atoms with Gasteiger partial charge in [-0.25, -0.2) is 0 Å². The van der Waals surface area contributed by atoms with Crippen molar-refractivity contribution in [2.45, 2.75) is 27.3 Å². The fourth-order valence-electron chi connectivity index (χ4n) is 2.30. The minimum atomic E-state index is 0.700. The molecule has 1 aromatic rings. The van der Waals surface area contributed by atoms with Crippen LogP contribution in [0.15, 0.2) is 18.2 Å². The van der Waals surface area contributed by atoms with E-state index in [0.29, 0.717) is 6.61 Å². The van der Waals surface area contributed by atoms with E-state index in [1.807, 2.05) is 6.92 Å². The maximum absolute atomic E-state index is 5.83. The van der Waals surface area contributed by atoms with Gasteiger partial charge >= 0.3 is 0 Å². The van der Waals surface area contributed by atoms with E-state index >= 15 is 0 Å². The molecule has 0 saturated carbocycles. The van der Waals surface area contributed by atoms with Crippen LogP contribution in [0.1, 0.15) is 26.3 Å². The summed E-state index contributed by atoms with van der Waals surface area (Å²) in [6, 6.07) is 6.54. The fourth-order valence-corrected chi connectivity index (χ4v) is 2.30. The van der Waals surface area contributed by atoms with Gasteiger partial charge in [0.2, 0.25) is 0 Å². The summed E-state index contributed by atoms with van der Waals surface area (Å²) in [6.07, 6.45) is 0. The van der Waals surface area contributed by atoms with E-state index in [1.54, 1.807) is 0 Å². The standard InChI is InChI=1S/C17H31N3O/c1-6-20(7-2)16-10-9-15(13-17(16)21-8-3)14-18-11-12-19(4)5/h9-10,13,18H,6-8,11-12,14H2,1-5H3. The van der Waals surface area contributed by atoms with Crippen LogP contribution in [0, 0.1) is 0 Å². The summed E-state index contributed by atoms with van der Waals surface area (Å²) < 4.78 is 5.83. The molecule has 0 radical (unpaired) electrons. The van der Waals surface area contributed by atoms with Crippen LogP contribution >= 0.6 is 0 Å². The van der Waals surface area contributed by atoms with Gasteiger partial charge in [0.25, 0.3) is 0 Å². The highest BCUT2D eigenvalue weighted by Crippen LogP contribution is 2.29. The first-order chi connectivity index (χ1) is 10.1. The molecule has 1 aromatic carbocycles. The number of hydrogen-bond donors (Lipinski definition) is 1. The molecule has 0 aliphatic heterocycles. The zero-order valence-electron chi connectivity index (χ0n) is 14.3. The first-order valence-corrected chi connectivity index (χ1v) is 7.98. The Morgan fingerprint density at radius 1 is 1.10 bits per heavy atom. The van der Waals surface area contributed by atoms with Crippen molar-refractivity contribution >= 4 is 5.69 Å². The molecule has 0 amide bonds. The molecule has 0 aliphatic rings. The van der Waals surface area contributed by atoms with Gasteiger partial charge in [-0.15, -0.1) is 0 Å². The molecule has 0 saturated heterocycles. The molecule has 0 heterocycles. The van der Waals surface area contributed by atoms with Crippen LogP contribution in [0.25, 0.3) is 0 Å². The average Bonchev–Trinajstić information content (AvgIpc) is 2.47. The smallest absolute Gasteiger partial charge is 0.142 e. The average molecular weight is 293 g/mol. The largest absolute Gasteiger partial charge is 0.492 e. The van der Waals surface area contributed by atoms with Crippen LogP contribution in [0.5, 0.6) is 5.75 Å². The van der Waals surface area contributed by atoms with Crippen LogP contribution < -0.4 is 15.0 Å². The van der Waals surface area contributed by atoms with Gasteiger partial charge in [0, 0.05) is 32.7 Å². The lowest BCUT2D eigenvalue weighted by atomic mass is 10.1. The van der Waals surface area contributed by atoms with Crippen molar-refractivity contribution in [2.24, 2.45) is 0 Å². The minimum absolute atomic E-state index is 0.700. The zero-order chi connectivity index (χ0) is 15.7. The van der Waals surface area contributed by atoms with E-state index in [1.165, 1.54) is 11.3 Å². The molecule has 0 atom stereocenters. The fraction of sp³-hybridized carbons (Fsp3) is 0.647. The molecule has 0 aliphatic carbocycles. The van der Waals surface area contributed by atoms with Gasteiger partial charge in [0.1, 0.15) is 5.75 Å². The van der Waals surface area contributed by atoms with Crippen LogP contribution in [0.4, 0.5) is 5.69 Å². The van der Waals surface area contributed by atoms with E-state index in [0.717, 1.165) is 38.5 Å². The van der Waals surface area contributed by atoms with Gasteiger partial charge in [-0.2, -0.15) is 0 Å². The molecule has 0 bridgehead atoms. The van der Waals surface area contributed by atoms with Crippen molar-refractivity contribution in [3.8, 4) is 5.75 Å². The third kappa shape index (κ3) is 5.94.